The number of fused-ring (bicyclic) bond motifs is 4. The van der Waals surface area contributed by atoms with Crippen molar-refractivity contribution in [1.29, 1.82) is 0 Å². The molecule has 4 aliphatic rings. The van der Waals surface area contributed by atoms with Gasteiger partial charge in [0.1, 0.15) is 35.2 Å². The summed E-state index contributed by atoms with van der Waals surface area (Å²) >= 11 is 0. The van der Waals surface area contributed by atoms with Crippen LogP contribution in [0.25, 0.3) is 32.9 Å². The molecule has 0 amide bonds. The lowest BCUT2D eigenvalue weighted by Crippen LogP contribution is -2.38. The summed E-state index contributed by atoms with van der Waals surface area (Å²) < 4.78 is 39.8. The Balaban J connectivity index is 0.000000283. The van der Waals surface area contributed by atoms with Crippen LogP contribution in [0.1, 0.15) is 44.9 Å². The SMILES string of the molecule is FC1CC2CCCN2C1.OC(O)Oc1nc2c3c(nc(-c4cncc5ccccc45)c(F)c3n1)OCC1CCCCCN21. The Kier molecular flexibility index (Phi) is 7.66. The molecule has 0 saturated carbocycles. The predicted molar refractivity (Wildman–Crippen MR) is 156 cm³/mol. The fraction of sp³-hybridized carbons (Fsp3) is 0.484. The molecule has 1 aromatic carbocycles. The third-order valence-electron chi connectivity index (χ3n) is 8.87. The van der Waals surface area contributed by atoms with Crippen molar-refractivity contribution in [2.75, 3.05) is 31.1 Å². The maximum absolute atomic E-state index is 16.1. The van der Waals surface area contributed by atoms with Crippen LogP contribution in [0.5, 0.6) is 11.9 Å². The van der Waals surface area contributed by atoms with Crippen molar-refractivity contribution >= 4 is 27.5 Å². The topological polar surface area (TPSA) is 117 Å². The molecule has 2 N–H and O–H groups in total. The number of hydrogen-bond acceptors (Lipinski definition) is 10. The van der Waals surface area contributed by atoms with Crippen LogP contribution in [0.2, 0.25) is 0 Å². The van der Waals surface area contributed by atoms with Crippen LogP contribution in [-0.4, -0.2) is 86.0 Å². The summed E-state index contributed by atoms with van der Waals surface area (Å²) in [6, 6.07) is 7.82. The second-order valence-corrected chi connectivity index (χ2v) is 11.6. The van der Waals surface area contributed by atoms with Gasteiger partial charge in [0, 0.05) is 42.5 Å². The minimum atomic E-state index is -2.14. The van der Waals surface area contributed by atoms with Crippen molar-refractivity contribution in [3.8, 4) is 23.1 Å². The molecule has 3 fully saturated rings. The largest absolute Gasteiger partial charge is 0.475 e. The van der Waals surface area contributed by atoms with Crippen molar-refractivity contribution in [3.05, 3.63) is 42.5 Å². The Morgan fingerprint density at radius 2 is 1.84 bits per heavy atom. The molecular formula is C31H34F2N6O4. The highest BCUT2D eigenvalue weighted by Crippen LogP contribution is 2.42. The van der Waals surface area contributed by atoms with Crippen molar-refractivity contribution in [1.82, 2.24) is 24.8 Å². The molecule has 3 saturated heterocycles. The van der Waals surface area contributed by atoms with Crippen LogP contribution < -0.4 is 14.4 Å². The van der Waals surface area contributed by atoms with Crippen molar-refractivity contribution < 1.29 is 28.5 Å². The molecule has 12 heteroatoms. The van der Waals surface area contributed by atoms with Gasteiger partial charge in [-0.3, -0.25) is 9.88 Å². The molecule has 10 nitrogen and oxygen atoms in total. The van der Waals surface area contributed by atoms with Crippen LogP contribution in [0, 0.1) is 5.82 Å². The highest BCUT2D eigenvalue weighted by molar-refractivity contribution is 6.00. The fourth-order valence-corrected chi connectivity index (χ4v) is 6.88. The minimum Gasteiger partial charge on any atom is -0.475 e. The third kappa shape index (κ3) is 5.43. The van der Waals surface area contributed by atoms with E-state index in [0.717, 1.165) is 49.4 Å². The van der Waals surface area contributed by atoms with Gasteiger partial charge in [0.15, 0.2) is 5.82 Å². The van der Waals surface area contributed by atoms with Gasteiger partial charge >= 0.3 is 12.5 Å². The zero-order valence-electron chi connectivity index (χ0n) is 23.7. The van der Waals surface area contributed by atoms with Crippen LogP contribution in [0.15, 0.2) is 36.7 Å². The van der Waals surface area contributed by atoms with E-state index in [2.05, 4.69) is 29.7 Å². The van der Waals surface area contributed by atoms with Crippen molar-refractivity contribution in [3.63, 3.8) is 0 Å². The van der Waals surface area contributed by atoms with E-state index in [-0.39, 0.29) is 29.1 Å². The number of benzene rings is 1. The Bertz CT molecular complexity index is 1620. The predicted octanol–water partition coefficient (Wildman–Crippen LogP) is 4.36. The number of aliphatic hydroxyl groups is 2. The smallest absolute Gasteiger partial charge is 0.323 e. The second kappa shape index (κ2) is 11.7. The van der Waals surface area contributed by atoms with Crippen LogP contribution in [-0.2, 0) is 0 Å². The number of pyridine rings is 2. The second-order valence-electron chi connectivity index (χ2n) is 11.6. The molecule has 8 rings (SSSR count). The monoisotopic (exact) mass is 592 g/mol. The zero-order chi connectivity index (χ0) is 29.5. The van der Waals surface area contributed by atoms with E-state index < -0.39 is 18.5 Å². The van der Waals surface area contributed by atoms with Gasteiger partial charge in [-0.1, -0.05) is 37.1 Å². The molecule has 4 aromatic rings. The Labute approximate surface area is 247 Å². The first kappa shape index (κ1) is 28.1. The van der Waals surface area contributed by atoms with Crippen LogP contribution in [0.4, 0.5) is 14.6 Å². The highest BCUT2D eigenvalue weighted by Gasteiger charge is 2.35. The van der Waals surface area contributed by atoms with E-state index in [4.69, 9.17) is 9.47 Å². The van der Waals surface area contributed by atoms with Gasteiger partial charge in [-0.15, -0.1) is 0 Å². The lowest BCUT2D eigenvalue weighted by molar-refractivity contribution is -0.183. The number of rotatable bonds is 3. The molecule has 0 spiro atoms. The highest BCUT2D eigenvalue weighted by atomic mass is 19.1. The Morgan fingerprint density at radius 3 is 2.70 bits per heavy atom. The summed E-state index contributed by atoms with van der Waals surface area (Å²) in [5.41, 5.74) is 0.489. The fourth-order valence-electron chi connectivity index (χ4n) is 6.88. The third-order valence-corrected chi connectivity index (χ3v) is 8.87. The first-order valence-corrected chi connectivity index (χ1v) is 15.0. The van der Waals surface area contributed by atoms with E-state index in [9.17, 15) is 14.6 Å². The lowest BCUT2D eigenvalue weighted by Gasteiger charge is -2.29. The van der Waals surface area contributed by atoms with Gasteiger partial charge in [-0.25, -0.2) is 13.8 Å². The summed E-state index contributed by atoms with van der Waals surface area (Å²) in [6.07, 6.45) is 10.0. The average Bonchev–Trinajstić information content (AvgIpc) is 3.43. The molecule has 4 aliphatic heterocycles. The van der Waals surface area contributed by atoms with Gasteiger partial charge in [0.2, 0.25) is 5.88 Å². The molecule has 226 valence electrons. The van der Waals surface area contributed by atoms with Gasteiger partial charge in [-0.2, -0.15) is 9.97 Å². The number of aliphatic hydroxyl groups excluding tert-OH is 1. The zero-order valence-corrected chi connectivity index (χ0v) is 23.7. The first-order chi connectivity index (χ1) is 21.0. The van der Waals surface area contributed by atoms with Crippen LogP contribution >= 0.6 is 0 Å². The molecule has 3 aromatic heterocycles. The van der Waals surface area contributed by atoms with Gasteiger partial charge < -0.3 is 24.6 Å². The molecule has 7 heterocycles. The summed E-state index contributed by atoms with van der Waals surface area (Å²) in [6.45, 7) is 0.793. The number of ether oxygens (including phenoxy) is 2. The number of nitrogens with zero attached hydrogens (tertiary/aromatic N) is 6. The van der Waals surface area contributed by atoms with Gasteiger partial charge in [0.25, 0.3) is 0 Å². The molecule has 0 bridgehead atoms. The Morgan fingerprint density at radius 1 is 0.977 bits per heavy atom. The van der Waals surface area contributed by atoms with E-state index in [1.807, 2.05) is 24.3 Å². The van der Waals surface area contributed by atoms with E-state index in [0.29, 0.717) is 42.5 Å². The molecule has 3 atom stereocenters. The van der Waals surface area contributed by atoms with Gasteiger partial charge in [-0.05, 0) is 44.0 Å². The lowest BCUT2D eigenvalue weighted by atomic mass is 10.0. The summed E-state index contributed by atoms with van der Waals surface area (Å²) in [5, 5.41) is 20.7. The first-order valence-electron chi connectivity index (χ1n) is 15.0. The molecule has 43 heavy (non-hydrogen) atoms. The average molecular weight is 593 g/mol. The number of hydrogen-bond donors (Lipinski definition) is 2. The quantitative estimate of drug-likeness (QED) is 0.333. The van der Waals surface area contributed by atoms with E-state index >= 15 is 4.39 Å². The Hall–Kier alpha value is -3.74. The number of halogens is 2. The van der Waals surface area contributed by atoms with Gasteiger partial charge in [0.05, 0.1) is 6.04 Å². The summed E-state index contributed by atoms with van der Waals surface area (Å²) in [7, 11) is 0. The molecule has 0 aliphatic carbocycles. The van der Waals surface area contributed by atoms with E-state index in [1.54, 1.807) is 12.4 Å². The molecule has 0 radical (unpaired) electrons. The van der Waals surface area contributed by atoms with Crippen molar-refractivity contribution in [2.45, 2.75) is 69.7 Å². The standard InChI is InChI=1S/C24H22FN5O4.C7H12FN/c25-18-19(16-11-26-10-13-6-3-4-8-15(13)16)27-22-17-20(18)28-23(34-24(31)32)29-21(17)30-9-5-1-2-7-14(30)12-33-22;8-6-4-7-2-1-3-9(7)5-6/h3-4,6,8,10-11,14,24,31-32H,1-2,5,7,9,12H2;6-7H,1-5H2. The minimum absolute atomic E-state index is 0.0208. The summed E-state index contributed by atoms with van der Waals surface area (Å²) in [4.78, 5) is 21.8. The number of anilines is 1. The maximum atomic E-state index is 16.1. The normalized spacial score (nSPS) is 23.3. The maximum Gasteiger partial charge on any atom is 0.323 e. The molecular weight excluding hydrogens is 558 g/mol. The summed E-state index contributed by atoms with van der Waals surface area (Å²) in [5.74, 6) is -0.0257. The number of alkyl halides is 1. The van der Waals surface area contributed by atoms with E-state index in [1.165, 1.54) is 12.8 Å². The van der Waals surface area contributed by atoms with Crippen LogP contribution in [0.3, 0.4) is 0 Å². The molecule has 3 unspecified atom stereocenters. The van der Waals surface area contributed by atoms with Crippen molar-refractivity contribution in [2.24, 2.45) is 0 Å². The number of aromatic nitrogens is 4.